The minimum atomic E-state index is -0.960. The number of esters is 1. The van der Waals surface area contributed by atoms with Gasteiger partial charge in [0.1, 0.15) is 0 Å². The van der Waals surface area contributed by atoms with E-state index in [2.05, 4.69) is 17.6 Å². The molecule has 0 saturated carbocycles. The first-order valence-electron chi connectivity index (χ1n) is 8.37. The Bertz CT molecular complexity index is 800. The number of aryl methyl sites for hydroxylation is 1. The number of hydrogen-bond donors (Lipinski definition) is 2. The van der Waals surface area contributed by atoms with Gasteiger partial charge < -0.3 is 15.4 Å². The molecule has 2 aromatic carbocycles. The molecule has 0 bridgehead atoms. The van der Waals surface area contributed by atoms with Crippen molar-refractivity contribution in [2.45, 2.75) is 33.3 Å². The smallest absolute Gasteiger partial charge is 0.338 e. The lowest BCUT2D eigenvalue weighted by Crippen LogP contribution is -2.30. The third kappa shape index (κ3) is 5.44. The Morgan fingerprint density at radius 1 is 1.00 bits per heavy atom. The molecular formula is C20H22N2O4. The molecule has 1 unspecified atom stereocenters. The number of anilines is 2. The molecule has 6 nitrogen and oxygen atoms in total. The predicted octanol–water partition coefficient (Wildman–Crippen LogP) is 3.39. The summed E-state index contributed by atoms with van der Waals surface area (Å²) >= 11 is 0. The largest absolute Gasteiger partial charge is 0.449 e. The van der Waals surface area contributed by atoms with Gasteiger partial charge in [0, 0.05) is 18.3 Å². The first kappa shape index (κ1) is 19.2. The van der Waals surface area contributed by atoms with Crippen molar-refractivity contribution < 1.29 is 19.1 Å². The van der Waals surface area contributed by atoms with Crippen molar-refractivity contribution in [3.63, 3.8) is 0 Å². The van der Waals surface area contributed by atoms with E-state index >= 15 is 0 Å². The molecule has 0 saturated heterocycles. The lowest BCUT2D eigenvalue weighted by molar-refractivity contribution is -0.123. The molecule has 0 aliphatic carbocycles. The Labute approximate surface area is 152 Å². The van der Waals surface area contributed by atoms with Crippen molar-refractivity contribution >= 4 is 29.2 Å². The van der Waals surface area contributed by atoms with E-state index in [-0.39, 0.29) is 11.5 Å². The van der Waals surface area contributed by atoms with Crippen LogP contribution in [0.3, 0.4) is 0 Å². The zero-order chi connectivity index (χ0) is 19.1. The van der Waals surface area contributed by atoms with Crippen molar-refractivity contribution in [3.8, 4) is 0 Å². The van der Waals surface area contributed by atoms with Crippen LogP contribution in [0.4, 0.5) is 11.4 Å². The number of ether oxygens (including phenoxy) is 1. The summed E-state index contributed by atoms with van der Waals surface area (Å²) < 4.78 is 5.21. The summed E-state index contributed by atoms with van der Waals surface area (Å²) in [5.74, 6) is -1.29. The highest BCUT2D eigenvalue weighted by Gasteiger charge is 2.19. The number of hydrogen-bond acceptors (Lipinski definition) is 4. The van der Waals surface area contributed by atoms with E-state index in [1.54, 1.807) is 18.2 Å². The zero-order valence-corrected chi connectivity index (χ0v) is 15.0. The van der Waals surface area contributed by atoms with Crippen LogP contribution in [0.5, 0.6) is 0 Å². The van der Waals surface area contributed by atoms with Gasteiger partial charge in [-0.3, -0.25) is 9.59 Å². The lowest BCUT2D eigenvalue weighted by Gasteiger charge is -2.14. The minimum absolute atomic E-state index is 0.239. The maximum absolute atomic E-state index is 12.2. The number of amides is 2. The summed E-state index contributed by atoms with van der Waals surface area (Å²) in [6.07, 6.45) is -0.0439. The quantitative estimate of drug-likeness (QED) is 0.779. The van der Waals surface area contributed by atoms with Crippen molar-refractivity contribution in [1.82, 2.24) is 0 Å². The molecule has 2 amide bonds. The number of nitrogens with one attached hydrogen (secondary N) is 2. The van der Waals surface area contributed by atoms with Crippen LogP contribution in [0.2, 0.25) is 0 Å². The summed E-state index contributed by atoms with van der Waals surface area (Å²) in [4.78, 5) is 35.5. The van der Waals surface area contributed by atoms with Crippen molar-refractivity contribution in [1.29, 1.82) is 0 Å². The van der Waals surface area contributed by atoms with Gasteiger partial charge in [-0.05, 0) is 49.2 Å². The molecule has 2 rings (SSSR count). The summed E-state index contributed by atoms with van der Waals surface area (Å²) in [5.41, 5.74) is 2.55. The second-order valence-electron chi connectivity index (χ2n) is 5.85. The number of benzene rings is 2. The fourth-order valence-corrected chi connectivity index (χ4v) is 2.28. The van der Waals surface area contributed by atoms with Crippen LogP contribution < -0.4 is 10.6 Å². The van der Waals surface area contributed by atoms with E-state index in [4.69, 9.17) is 4.74 Å². The summed E-state index contributed by atoms with van der Waals surface area (Å²) in [6.45, 7) is 4.94. The molecule has 0 fully saturated rings. The molecular weight excluding hydrogens is 332 g/mol. The van der Waals surface area contributed by atoms with Crippen molar-refractivity contribution in [2.75, 3.05) is 10.6 Å². The van der Waals surface area contributed by atoms with Gasteiger partial charge in [-0.25, -0.2) is 4.79 Å². The van der Waals surface area contributed by atoms with Crippen LogP contribution in [0.25, 0.3) is 0 Å². The molecule has 0 radical (unpaired) electrons. The third-order valence-corrected chi connectivity index (χ3v) is 3.70. The number of carbonyl (C=O) groups is 3. The van der Waals surface area contributed by atoms with Crippen LogP contribution in [0.1, 0.15) is 36.7 Å². The first-order chi connectivity index (χ1) is 12.4. The minimum Gasteiger partial charge on any atom is -0.449 e. The predicted molar refractivity (Wildman–Crippen MR) is 100 cm³/mol. The van der Waals surface area contributed by atoms with Gasteiger partial charge in [0.15, 0.2) is 6.10 Å². The van der Waals surface area contributed by atoms with Gasteiger partial charge in [0.05, 0.1) is 5.56 Å². The molecule has 0 aliphatic rings. The topological polar surface area (TPSA) is 84.5 Å². The number of rotatable bonds is 6. The van der Waals surface area contributed by atoms with Gasteiger partial charge in [-0.2, -0.15) is 0 Å². The second-order valence-corrected chi connectivity index (χ2v) is 5.85. The molecule has 136 valence electrons. The molecule has 0 aliphatic heterocycles. The molecule has 26 heavy (non-hydrogen) atoms. The Hall–Kier alpha value is -3.15. The Morgan fingerprint density at radius 3 is 2.31 bits per heavy atom. The van der Waals surface area contributed by atoms with E-state index in [1.165, 1.54) is 25.5 Å². The Kier molecular flexibility index (Phi) is 6.49. The maximum Gasteiger partial charge on any atom is 0.338 e. The van der Waals surface area contributed by atoms with Crippen LogP contribution in [0, 0.1) is 0 Å². The van der Waals surface area contributed by atoms with Gasteiger partial charge in [-0.15, -0.1) is 0 Å². The third-order valence-electron chi connectivity index (χ3n) is 3.70. The number of carbonyl (C=O) groups excluding carboxylic acids is 3. The fraction of sp³-hybridized carbons (Fsp3) is 0.250. The average Bonchev–Trinajstić information content (AvgIpc) is 2.62. The van der Waals surface area contributed by atoms with Crippen LogP contribution in [0.15, 0.2) is 48.5 Å². The van der Waals surface area contributed by atoms with Crippen molar-refractivity contribution in [2.24, 2.45) is 0 Å². The lowest BCUT2D eigenvalue weighted by atomic mass is 10.1. The molecule has 6 heteroatoms. The average molecular weight is 354 g/mol. The van der Waals surface area contributed by atoms with E-state index in [1.807, 2.05) is 24.3 Å². The molecule has 0 heterocycles. The van der Waals surface area contributed by atoms with Crippen LogP contribution in [-0.2, 0) is 20.7 Å². The molecule has 1 atom stereocenters. The van der Waals surface area contributed by atoms with E-state index in [9.17, 15) is 14.4 Å². The molecule has 2 N–H and O–H groups in total. The summed E-state index contributed by atoms with van der Waals surface area (Å²) in [7, 11) is 0. The van der Waals surface area contributed by atoms with Gasteiger partial charge in [-0.1, -0.05) is 25.1 Å². The molecule has 2 aromatic rings. The Balaban J connectivity index is 1.97. The SMILES string of the molecule is CCc1ccc(NC(=O)C(C)OC(=O)c2cccc(NC(C)=O)c2)cc1. The van der Waals surface area contributed by atoms with E-state index in [0.717, 1.165) is 6.42 Å². The second kappa shape index (κ2) is 8.80. The normalized spacial score (nSPS) is 11.3. The highest BCUT2D eigenvalue weighted by atomic mass is 16.5. The van der Waals surface area contributed by atoms with E-state index in [0.29, 0.717) is 11.4 Å². The molecule has 0 spiro atoms. The summed E-state index contributed by atoms with van der Waals surface area (Å²) in [5, 5.41) is 5.31. The highest BCUT2D eigenvalue weighted by molar-refractivity contribution is 5.98. The standard InChI is InChI=1S/C20H22N2O4/c1-4-15-8-10-17(11-9-15)22-19(24)13(2)26-20(25)16-6-5-7-18(12-16)21-14(3)23/h5-13H,4H2,1-3H3,(H,21,23)(H,22,24). The van der Waals surface area contributed by atoms with Gasteiger partial charge in [0.25, 0.3) is 5.91 Å². The van der Waals surface area contributed by atoms with E-state index < -0.39 is 18.0 Å². The maximum atomic E-state index is 12.2. The molecule has 0 aromatic heterocycles. The Morgan fingerprint density at radius 2 is 1.69 bits per heavy atom. The fourth-order valence-electron chi connectivity index (χ4n) is 2.28. The van der Waals surface area contributed by atoms with Crippen molar-refractivity contribution in [3.05, 3.63) is 59.7 Å². The first-order valence-corrected chi connectivity index (χ1v) is 8.37. The van der Waals surface area contributed by atoms with Gasteiger partial charge in [0.2, 0.25) is 5.91 Å². The zero-order valence-electron chi connectivity index (χ0n) is 15.0. The summed E-state index contributed by atoms with van der Waals surface area (Å²) in [6, 6.07) is 13.8. The highest BCUT2D eigenvalue weighted by Crippen LogP contribution is 2.14. The van der Waals surface area contributed by atoms with Crippen LogP contribution in [-0.4, -0.2) is 23.9 Å². The van der Waals surface area contributed by atoms with Crippen LogP contribution >= 0.6 is 0 Å². The van der Waals surface area contributed by atoms with Gasteiger partial charge >= 0.3 is 5.97 Å². The monoisotopic (exact) mass is 354 g/mol.